The largest absolute Gasteiger partial charge is 0.459 e. The minimum atomic E-state index is -1.09. The minimum Gasteiger partial charge on any atom is -0.459 e. The van der Waals surface area contributed by atoms with E-state index < -0.39 is 17.0 Å². The van der Waals surface area contributed by atoms with Gasteiger partial charge in [-0.1, -0.05) is 13.3 Å². The second-order valence-corrected chi connectivity index (χ2v) is 6.61. The van der Waals surface area contributed by atoms with Crippen molar-refractivity contribution in [3.05, 3.63) is 0 Å². The average Bonchev–Trinajstić information content (AvgIpc) is 2.35. The number of hydrogen-bond donors (Lipinski definition) is 0. The molecule has 1 aliphatic carbocycles. The van der Waals surface area contributed by atoms with Crippen molar-refractivity contribution < 1.29 is 19.1 Å². The Bertz CT molecular complexity index is 392. The lowest BCUT2D eigenvalue weighted by Crippen LogP contribution is -2.45. The van der Waals surface area contributed by atoms with Crippen LogP contribution < -0.4 is 0 Å². The topological polar surface area (TPSA) is 60.4 Å². The molecule has 0 radical (unpaired) electrons. The molecule has 1 fully saturated rings. The molecule has 114 valence electrons. The van der Waals surface area contributed by atoms with Crippen LogP contribution in [0.2, 0.25) is 0 Å². The van der Waals surface area contributed by atoms with Gasteiger partial charge in [0.25, 0.3) is 0 Å². The summed E-state index contributed by atoms with van der Waals surface area (Å²) in [6.07, 6.45) is 3.61. The van der Waals surface area contributed by atoms with Gasteiger partial charge in [-0.15, -0.1) is 0 Å². The summed E-state index contributed by atoms with van der Waals surface area (Å²) in [4.78, 5) is 36.4. The summed E-state index contributed by atoms with van der Waals surface area (Å²) >= 11 is 0. The molecule has 0 spiro atoms. The van der Waals surface area contributed by atoms with E-state index in [-0.39, 0.29) is 18.0 Å². The van der Waals surface area contributed by atoms with Gasteiger partial charge in [-0.2, -0.15) is 0 Å². The fourth-order valence-corrected chi connectivity index (χ4v) is 2.58. The molecule has 1 unspecified atom stereocenters. The van der Waals surface area contributed by atoms with E-state index in [2.05, 4.69) is 0 Å². The smallest absolute Gasteiger partial charge is 0.320 e. The van der Waals surface area contributed by atoms with Crippen LogP contribution in [0.3, 0.4) is 0 Å². The first-order chi connectivity index (χ1) is 9.21. The van der Waals surface area contributed by atoms with Crippen molar-refractivity contribution >= 4 is 17.5 Å². The van der Waals surface area contributed by atoms with E-state index in [0.717, 1.165) is 12.8 Å². The molecular weight excluding hydrogens is 256 g/mol. The summed E-state index contributed by atoms with van der Waals surface area (Å²) in [6.45, 7) is 7.18. The molecule has 0 saturated heterocycles. The van der Waals surface area contributed by atoms with E-state index >= 15 is 0 Å². The molecule has 0 heterocycles. The number of carbonyl (C=O) groups is 3. The van der Waals surface area contributed by atoms with Crippen LogP contribution in [0.25, 0.3) is 0 Å². The van der Waals surface area contributed by atoms with Crippen LogP contribution in [-0.2, 0) is 19.1 Å². The lowest BCUT2D eigenvalue weighted by molar-refractivity contribution is -0.173. The summed E-state index contributed by atoms with van der Waals surface area (Å²) in [7, 11) is 0. The van der Waals surface area contributed by atoms with Crippen molar-refractivity contribution in [1.29, 1.82) is 0 Å². The maximum atomic E-state index is 12.5. The van der Waals surface area contributed by atoms with Crippen molar-refractivity contribution in [1.82, 2.24) is 0 Å². The van der Waals surface area contributed by atoms with Gasteiger partial charge in [0.15, 0.2) is 0 Å². The van der Waals surface area contributed by atoms with Crippen LogP contribution in [0.5, 0.6) is 0 Å². The molecule has 4 nitrogen and oxygen atoms in total. The van der Waals surface area contributed by atoms with Gasteiger partial charge in [0, 0.05) is 19.3 Å². The summed E-state index contributed by atoms with van der Waals surface area (Å²) in [6, 6.07) is 0. The highest BCUT2D eigenvalue weighted by atomic mass is 16.6. The predicted molar refractivity (Wildman–Crippen MR) is 76.3 cm³/mol. The van der Waals surface area contributed by atoms with Crippen molar-refractivity contribution in [3.8, 4) is 0 Å². The highest BCUT2D eigenvalue weighted by molar-refractivity contribution is 6.04. The molecule has 4 heteroatoms. The van der Waals surface area contributed by atoms with E-state index in [1.54, 1.807) is 27.7 Å². The normalized spacial score (nSPS) is 23.5. The Hall–Kier alpha value is -1.19. The molecule has 0 N–H and O–H groups in total. The Labute approximate surface area is 121 Å². The number of carbonyl (C=O) groups excluding carboxylic acids is 3. The van der Waals surface area contributed by atoms with Crippen LogP contribution in [-0.4, -0.2) is 23.1 Å². The number of hydrogen-bond acceptors (Lipinski definition) is 4. The van der Waals surface area contributed by atoms with Crippen LogP contribution >= 0.6 is 0 Å². The molecule has 1 aliphatic rings. The first-order valence-corrected chi connectivity index (χ1v) is 7.50. The van der Waals surface area contributed by atoms with Crippen LogP contribution in [0.1, 0.15) is 72.6 Å². The van der Waals surface area contributed by atoms with Crippen molar-refractivity contribution in [3.63, 3.8) is 0 Å². The number of rotatable bonds is 5. The van der Waals surface area contributed by atoms with Crippen LogP contribution in [0.4, 0.5) is 0 Å². The monoisotopic (exact) mass is 282 g/mol. The zero-order chi connectivity index (χ0) is 15.4. The van der Waals surface area contributed by atoms with E-state index in [1.807, 2.05) is 0 Å². The molecule has 20 heavy (non-hydrogen) atoms. The lowest BCUT2D eigenvalue weighted by atomic mass is 9.69. The molecule has 0 amide bonds. The number of esters is 1. The van der Waals surface area contributed by atoms with Crippen molar-refractivity contribution in [2.45, 2.75) is 78.2 Å². The molecule has 0 aromatic heterocycles. The summed E-state index contributed by atoms with van der Waals surface area (Å²) in [5.74, 6) is -0.410. The Balaban J connectivity index is 2.91. The van der Waals surface area contributed by atoms with Gasteiger partial charge in [-0.3, -0.25) is 14.4 Å². The van der Waals surface area contributed by atoms with E-state index in [9.17, 15) is 14.4 Å². The van der Waals surface area contributed by atoms with Crippen LogP contribution in [0, 0.1) is 5.41 Å². The van der Waals surface area contributed by atoms with Crippen molar-refractivity contribution in [2.24, 2.45) is 5.41 Å². The van der Waals surface area contributed by atoms with Crippen molar-refractivity contribution in [2.75, 3.05) is 0 Å². The summed E-state index contributed by atoms with van der Waals surface area (Å²) in [5.41, 5.74) is -1.70. The fraction of sp³-hybridized carbons (Fsp3) is 0.812. The SMILES string of the molecule is CCC(=O)CCC1(C(=O)OC(C)(C)C)CCCCC1=O. The van der Waals surface area contributed by atoms with Gasteiger partial charge in [0.05, 0.1) is 0 Å². The average molecular weight is 282 g/mol. The fourth-order valence-electron chi connectivity index (χ4n) is 2.58. The highest BCUT2D eigenvalue weighted by Crippen LogP contribution is 2.39. The third-order valence-electron chi connectivity index (χ3n) is 3.81. The molecule has 0 aromatic carbocycles. The van der Waals surface area contributed by atoms with E-state index in [1.165, 1.54) is 0 Å². The second-order valence-electron chi connectivity index (χ2n) is 6.61. The maximum absolute atomic E-state index is 12.5. The van der Waals surface area contributed by atoms with Gasteiger partial charge < -0.3 is 4.74 Å². The molecule has 1 rings (SSSR count). The van der Waals surface area contributed by atoms with E-state index in [4.69, 9.17) is 4.74 Å². The Kier molecular flexibility index (Phi) is 5.49. The zero-order valence-electron chi connectivity index (χ0n) is 13.1. The molecule has 0 bridgehead atoms. The van der Waals surface area contributed by atoms with Gasteiger partial charge in [-0.05, 0) is 40.0 Å². The zero-order valence-corrected chi connectivity index (χ0v) is 13.1. The summed E-state index contributed by atoms with van der Waals surface area (Å²) < 4.78 is 5.45. The van der Waals surface area contributed by atoms with Gasteiger partial charge in [-0.25, -0.2) is 0 Å². The van der Waals surface area contributed by atoms with Gasteiger partial charge >= 0.3 is 5.97 Å². The Morgan fingerprint density at radius 1 is 1.25 bits per heavy atom. The van der Waals surface area contributed by atoms with Gasteiger partial charge in [0.2, 0.25) is 0 Å². The number of Topliss-reactive ketones (excluding diaryl/α,β-unsaturated/α-hetero) is 2. The highest BCUT2D eigenvalue weighted by Gasteiger charge is 2.48. The van der Waals surface area contributed by atoms with Crippen LogP contribution in [0.15, 0.2) is 0 Å². The molecule has 0 aromatic rings. The molecule has 1 atom stereocenters. The molecular formula is C16H26O4. The van der Waals surface area contributed by atoms with E-state index in [0.29, 0.717) is 25.7 Å². The third kappa shape index (κ3) is 4.15. The number of ketones is 2. The molecule has 1 saturated carbocycles. The first-order valence-electron chi connectivity index (χ1n) is 7.50. The first kappa shape index (κ1) is 16.9. The maximum Gasteiger partial charge on any atom is 0.320 e. The second kappa shape index (κ2) is 6.51. The number of ether oxygens (including phenoxy) is 1. The lowest BCUT2D eigenvalue weighted by Gasteiger charge is -2.35. The molecule has 0 aliphatic heterocycles. The quantitative estimate of drug-likeness (QED) is 0.574. The third-order valence-corrected chi connectivity index (χ3v) is 3.81. The Morgan fingerprint density at radius 2 is 1.90 bits per heavy atom. The summed E-state index contributed by atoms with van der Waals surface area (Å²) in [5, 5.41) is 0. The van der Waals surface area contributed by atoms with Gasteiger partial charge in [0.1, 0.15) is 22.6 Å². The standard InChI is InChI=1S/C16H26O4/c1-5-12(17)9-11-16(10-7-6-8-13(16)18)14(19)20-15(2,3)4/h5-11H2,1-4H3. The minimum absolute atomic E-state index is 0.0538. The predicted octanol–water partition coefficient (Wildman–Crippen LogP) is 3.22. The Morgan fingerprint density at radius 3 is 2.40 bits per heavy atom.